The van der Waals surface area contributed by atoms with Gasteiger partial charge in [0.25, 0.3) is 5.91 Å². The highest BCUT2D eigenvalue weighted by Crippen LogP contribution is 2.26. The largest absolute Gasteiger partial charge is 0.484 e. The Hall–Kier alpha value is -2.86. The first-order valence-electron chi connectivity index (χ1n) is 10.2. The summed E-state index contributed by atoms with van der Waals surface area (Å²) in [6.45, 7) is 4.67. The van der Waals surface area contributed by atoms with E-state index in [0.29, 0.717) is 25.1 Å². The molecule has 2 aliphatic rings. The summed E-state index contributed by atoms with van der Waals surface area (Å²) in [5.74, 6) is 0.563. The third-order valence-corrected chi connectivity index (χ3v) is 5.72. The summed E-state index contributed by atoms with van der Waals surface area (Å²) in [4.78, 5) is 26.1. The molecule has 2 amide bonds. The molecule has 0 bridgehead atoms. The fourth-order valence-corrected chi connectivity index (χ4v) is 3.93. The molecule has 2 N–H and O–H groups in total. The van der Waals surface area contributed by atoms with Crippen molar-refractivity contribution in [2.75, 3.05) is 25.0 Å². The summed E-state index contributed by atoms with van der Waals surface area (Å²) >= 11 is 0. The summed E-state index contributed by atoms with van der Waals surface area (Å²) in [6, 6.07) is 14.3. The number of anilines is 1. The second-order valence-electron chi connectivity index (χ2n) is 7.80. The number of ether oxygens (including phenoxy) is 1. The Morgan fingerprint density at radius 3 is 2.83 bits per heavy atom. The zero-order valence-electron chi connectivity index (χ0n) is 16.7. The van der Waals surface area contributed by atoms with Gasteiger partial charge in [-0.1, -0.05) is 24.3 Å². The van der Waals surface area contributed by atoms with Crippen LogP contribution >= 0.6 is 0 Å². The molecule has 0 radical (unpaired) electrons. The van der Waals surface area contributed by atoms with Crippen LogP contribution < -0.4 is 15.4 Å². The van der Waals surface area contributed by atoms with Crippen LogP contribution in [0.2, 0.25) is 0 Å². The van der Waals surface area contributed by atoms with Crippen LogP contribution in [0.5, 0.6) is 5.75 Å². The first-order valence-corrected chi connectivity index (χ1v) is 10.2. The second kappa shape index (κ2) is 8.66. The maximum atomic E-state index is 12.2. The zero-order valence-corrected chi connectivity index (χ0v) is 16.7. The summed E-state index contributed by atoms with van der Waals surface area (Å²) in [5.41, 5.74) is 4.68. The number of carbonyl (C=O) groups is 2. The quantitative estimate of drug-likeness (QED) is 0.791. The van der Waals surface area contributed by atoms with Crippen molar-refractivity contribution in [2.24, 2.45) is 0 Å². The van der Waals surface area contributed by atoms with Crippen LogP contribution in [0.3, 0.4) is 0 Å². The molecule has 152 valence electrons. The van der Waals surface area contributed by atoms with Crippen molar-refractivity contribution in [2.45, 2.75) is 38.8 Å². The first-order chi connectivity index (χ1) is 14.1. The van der Waals surface area contributed by atoms with Crippen molar-refractivity contribution >= 4 is 17.5 Å². The standard InChI is InChI=1S/C23H27N3O3/c1-16(26-11-10-17-4-2-3-5-19(17)14-26)13-24-23(28)15-29-20-7-8-21-18(12-20)6-9-22(27)25-21/h2-5,7-8,12,16H,6,9-11,13-15H2,1H3,(H,24,28)(H,25,27)/t16-/m0/s1. The molecule has 4 rings (SSSR count). The molecule has 0 unspecified atom stereocenters. The molecule has 2 aromatic carbocycles. The maximum Gasteiger partial charge on any atom is 0.257 e. The number of amides is 2. The summed E-state index contributed by atoms with van der Waals surface area (Å²) in [6.07, 6.45) is 2.23. The fraction of sp³-hybridized carbons (Fsp3) is 0.391. The van der Waals surface area contributed by atoms with Gasteiger partial charge in [0.15, 0.2) is 6.61 Å². The van der Waals surface area contributed by atoms with Crippen molar-refractivity contribution < 1.29 is 14.3 Å². The summed E-state index contributed by atoms with van der Waals surface area (Å²) in [5, 5.41) is 5.82. The van der Waals surface area contributed by atoms with Crippen molar-refractivity contribution in [3.05, 3.63) is 59.2 Å². The van der Waals surface area contributed by atoms with Crippen molar-refractivity contribution in [3.8, 4) is 5.75 Å². The molecular weight excluding hydrogens is 366 g/mol. The molecule has 2 aliphatic heterocycles. The van der Waals surface area contributed by atoms with Gasteiger partial charge < -0.3 is 15.4 Å². The number of benzene rings is 2. The van der Waals surface area contributed by atoms with Gasteiger partial charge in [0, 0.05) is 37.8 Å². The van der Waals surface area contributed by atoms with Crippen LogP contribution in [0.15, 0.2) is 42.5 Å². The highest BCUT2D eigenvalue weighted by molar-refractivity contribution is 5.94. The van der Waals surface area contributed by atoms with Gasteiger partial charge >= 0.3 is 0 Å². The van der Waals surface area contributed by atoms with Gasteiger partial charge in [-0.3, -0.25) is 14.5 Å². The number of aryl methyl sites for hydroxylation is 1. The Balaban J connectivity index is 1.23. The second-order valence-corrected chi connectivity index (χ2v) is 7.80. The number of nitrogens with one attached hydrogen (secondary N) is 2. The monoisotopic (exact) mass is 393 g/mol. The molecule has 2 aromatic rings. The Morgan fingerprint density at radius 2 is 1.97 bits per heavy atom. The van der Waals surface area contributed by atoms with Gasteiger partial charge in [-0.05, 0) is 54.7 Å². The number of hydrogen-bond donors (Lipinski definition) is 2. The van der Waals surface area contributed by atoms with Crippen molar-refractivity contribution in [1.29, 1.82) is 0 Å². The lowest BCUT2D eigenvalue weighted by Gasteiger charge is -2.33. The fourth-order valence-electron chi connectivity index (χ4n) is 3.93. The first kappa shape index (κ1) is 19.5. The average molecular weight is 393 g/mol. The lowest BCUT2D eigenvalue weighted by molar-refractivity contribution is -0.123. The maximum absolute atomic E-state index is 12.2. The summed E-state index contributed by atoms with van der Waals surface area (Å²) < 4.78 is 5.65. The van der Waals surface area contributed by atoms with Crippen LogP contribution in [-0.4, -0.2) is 42.5 Å². The van der Waals surface area contributed by atoms with Crippen molar-refractivity contribution in [3.63, 3.8) is 0 Å². The Labute approximate surface area is 171 Å². The normalized spacial score (nSPS) is 16.9. The Bertz CT molecular complexity index is 912. The molecule has 0 spiro atoms. The van der Waals surface area contributed by atoms with Gasteiger partial charge in [-0.25, -0.2) is 0 Å². The minimum Gasteiger partial charge on any atom is -0.484 e. The van der Waals surface area contributed by atoms with Crippen LogP contribution in [0, 0.1) is 0 Å². The van der Waals surface area contributed by atoms with Crippen LogP contribution in [0.1, 0.15) is 30.0 Å². The minimum absolute atomic E-state index is 0.0132. The Kier molecular flexibility index (Phi) is 5.81. The Morgan fingerprint density at radius 1 is 1.14 bits per heavy atom. The van der Waals surface area contributed by atoms with E-state index in [1.165, 1.54) is 11.1 Å². The highest BCUT2D eigenvalue weighted by atomic mass is 16.5. The van der Waals surface area contributed by atoms with E-state index in [-0.39, 0.29) is 24.5 Å². The number of hydrogen-bond acceptors (Lipinski definition) is 4. The molecule has 29 heavy (non-hydrogen) atoms. The van der Waals surface area contributed by atoms with Gasteiger partial charge in [-0.2, -0.15) is 0 Å². The molecular formula is C23H27N3O3. The van der Waals surface area contributed by atoms with E-state index in [1.807, 2.05) is 12.1 Å². The van der Waals surface area contributed by atoms with Crippen molar-refractivity contribution in [1.82, 2.24) is 10.2 Å². The van der Waals surface area contributed by atoms with E-state index in [1.54, 1.807) is 6.07 Å². The predicted molar refractivity (Wildman–Crippen MR) is 112 cm³/mol. The third-order valence-electron chi connectivity index (χ3n) is 5.72. The molecule has 0 fully saturated rings. The SMILES string of the molecule is C[C@@H](CNC(=O)COc1ccc2c(c1)CCC(=O)N2)N1CCc2ccccc2C1. The topological polar surface area (TPSA) is 70.7 Å². The molecule has 0 saturated carbocycles. The highest BCUT2D eigenvalue weighted by Gasteiger charge is 2.21. The minimum atomic E-state index is -0.125. The molecule has 0 aromatic heterocycles. The number of nitrogens with zero attached hydrogens (tertiary/aromatic N) is 1. The molecule has 0 aliphatic carbocycles. The third kappa shape index (κ3) is 4.77. The molecule has 6 heteroatoms. The molecule has 0 saturated heterocycles. The number of fused-ring (bicyclic) bond motifs is 2. The van der Waals surface area contributed by atoms with Gasteiger partial charge in [0.1, 0.15) is 5.75 Å². The lowest BCUT2D eigenvalue weighted by atomic mass is 9.99. The lowest BCUT2D eigenvalue weighted by Crippen LogP contribution is -2.45. The summed E-state index contributed by atoms with van der Waals surface area (Å²) in [7, 11) is 0. The van der Waals surface area contributed by atoms with Gasteiger partial charge in [0.2, 0.25) is 5.91 Å². The van der Waals surface area contributed by atoms with E-state index in [2.05, 4.69) is 46.7 Å². The van der Waals surface area contributed by atoms with E-state index in [9.17, 15) is 9.59 Å². The predicted octanol–water partition coefficient (Wildman–Crippen LogP) is 2.51. The molecule has 1 atom stereocenters. The smallest absolute Gasteiger partial charge is 0.257 e. The van der Waals surface area contributed by atoms with E-state index < -0.39 is 0 Å². The van der Waals surface area contributed by atoms with Crippen LogP contribution in [0.25, 0.3) is 0 Å². The van der Waals surface area contributed by atoms with Crippen LogP contribution in [0.4, 0.5) is 5.69 Å². The number of rotatable bonds is 6. The van der Waals surface area contributed by atoms with E-state index in [0.717, 1.165) is 30.8 Å². The van der Waals surface area contributed by atoms with Gasteiger partial charge in [-0.15, -0.1) is 0 Å². The number of carbonyl (C=O) groups excluding carboxylic acids is 2. The molecule has 6 nitrogen and oxygen atoms in total. The van der Waals surface area contributed by atoms with Crippen LogP contribution in [-0.2, 0) is 29.0 Å². The average Bonchev–Trinajstić information content (AvgIpc) is 2.75. The van der Waals surface area contributed by atoms with Gasteiger partial charge in [0.05, 0.1) is 0 Å². The molecule has 2 heterocycles. The van der Waals surface area contributed by atoms with E-state index in [4.69, 9.17) is 4.74 Å². The zero-order chi connectivity index (χ0) is 20.2. The van der Waals surface area contributed by atoms with E-state index >= 15 is 0 Å².